The minimum Gasteiger partial charge on any atom is -0.340 e. The van der Waals surface area contributed by atoms with Crippen LogP contribution in [0.3, 0.4) is 0 Å². The van der Waals surface area contributed by atoms with Crippen molar-refractivity contribution < 1.29 is 9.59 Å². The Bertz CT molecular complexity index is 351. The van der Waals surface area contributed by atoms with Gasteiger partial charge in [-0.1, -0.05) is 13.3 Å². The molecular weight excluding hydrogens is 216 g/mol. The highest BCUT2D eigenvalue weighted by atomic mass is 16.2. The van der Waals surface area contributed by atoms with Crippen LogP contribution in [0.15, 0.2) is 0 Å². The molecule has 0 aromatic carbocycles. The Hall–Kier alpha value is -1.06. The number of nitrogens with one attached hydrogen (secondary N) is 1. The molecule has 2 fully saturated rings. The molecule has 3 atom stereocenters. The number of piperazine rings is 1. The van der Waals surface area contributed by atoms with Gasteiger partial charge in [0.25, 0.3) is 0 Å². The van der Waals surface area contributed by atoms with Crippen LogP contribution in [0.2, 0.25) is 0 Å². The molecule has 1 saturated carbocycles. The second-order valence-electron chi connectivity index (χ2n) is 5.98. The van der Waals surface area contributed by atoms with Crippen molar-refractivity contribution >= 4 is 11.8 Å². The van der Waals surface area contributed by atoms with E-state index in [2.05, 4.69) is 12.2 Å². The van der Waals surface area contributed by atoms with Crippen molar-refractivity contribution in [1.29, 1.82) is 0 Å². The van der Waals surface area contributed by atoms with Crippen LogP contribution < -0.4 is 5.32 Å². The van der Waals surface area contributed by atoms with Gasteiger partial charge in [-0.2, -0.15) is 0 Å². The molecule has 0 bridgehead atoms. The summed E-state index contributed by atoms with van der Waals surface area (Å²) in [5.41, 5.74) is -0.758. The predicted molar refractivity (Wildman–Crippen MR) is 65.3 cm³/mol. The maximum absolute atomic E-state index is 12.4. The van der Waals surface area contributed by atoms with Gasteiger partial charge in [0.05, 0.1) is 0 Å². The van der Waals surface area contributed by atoms with Gasteiger partial charge in [0.2, 0.25) is 11.8 Å². The quantitative estimate of drug-likeness (QED) is 0.748. The van der Waals surface area contributed by atoms with Crippen LogP contribution in [0.4, 0.5) is 0 Å². The normalized spacial score (nSPS) is 37.2. The highest BCUT2D eigenvalue weighted by Gasteiger charge is 2.47. The molecule has 0 aromatic heterocycles. The number of hydrogen-bond donors (Lipinski definition) is 1. The molecule has 1 aliphatic carbocycles. The molecule has 17 heavy (non-hydrogen) atoms. The lowest BCUT2D eigenvalue weighted by Crippen LogP contribution is -2.69. The lowest BCUT2D eigenvalue weighted by molar-refractivity contribution is -0.156. The zero-order chi connectivity index (χ0) is 12.8. The molecule has 0 aromatic rings. The Morgan fingerprint density at radius 3 is 2.41 bits per heavy atom. The minimum atomic E-state index is -0.758. The standard InChI is InChI=1S/C13H22N2O2/c1-8-6-5-7-10(8)15-9(2)11(16)14-13(3,4)12(15)17/h8-10H,5-7H2,1-4H3,(H,14,16). The maximum Gasteiger partial charge on any atom is 0.248 e. The summed E-state index contributed by atoms with van der Waals surface area (Å²) in [6, 6.07) is -0.0936. The van der Waals surface area contributed by atoms with Gasteiger partial charge in [-0.25, -0.2) is 0 Å². The van der Waals surface area contributed by atoms with E-state index in [1.165, 1.54) is 0 Å². The summed E-state index contributed by atoms with van der Waals surface area (Å²) in [5.74, 6) is 0.528. The predicted octanol–water partition coefficient (Wildman–Crippen LogP) is 1.30. The van der Waals surface area contributed by atoms with Crippen molar-refractivity contribution in [3.63, 3.8) is 0 Å². The molecule has 1 heterocycles. The van der Waals surface area contributed by atoms with E-state index in [9.17, 15) is 9.59 Å². The van der Waals surface area contributed by atoms with Crippen molar-refractivity contribution in [2.75, 3.05) is 0 Å². The summed E-state index contributed by atoms with van der Waals surface area (Å²) < 4.78 is 0. The maximum atomic E-state index is 12.4. The molecule has 2 amide bonds. The summed E-state index contributed by atoms with van der Waals surface area (Å²) in [5, 5.41) is 2.79. The Morgan fingerprint density at radius 2 is 1.88 bits per heavy atom. The van der Waals surface area contributed by atoms with Crippen LogP contribution >= 0.6 is 0 Å². The summed E-state index contributed by atoms with van der Waals surface area (Å²) in [6.07, 6.45) is 3.34. The van der Waals surface area contributed by atoms with E-state index in [-0.39, 0.29) is 23.9 Å². The number of amides is 2. The zero-order valence-corrected chi connectivity index (χ0v) is 11.1. The largest absolute Gasteiger partial charge is 0.340 e. The zero-order valence-electron chi connectivity index (χ0n) is 11.1. The van der Waals surface area contributed by atoms with E-state index in [1.807, 2.05) is 11.8 Å². The fourth-order valence-corrected chi connectivity index (χ4v) is 3.07. The Balaban J connectivity index is 2.29. The first-order valence-corrected chi connectivity index (χ1v) is 6.49. The fraction of sp³-hybridized carbons (Fsp3) is 0.846. The first-order valence-electron chi connectivity index (χ1n) is 6.49. The molecule has 3 unspecified atom stereocenters. The first kappa shape index (κ1) is 12.4. The number of hydrogen-bond acceptors (Lipinski definition) is 2. The average molecular weight is 238 g/mol. The van der Waals surface area contributed by atoms with Crippen LogP contribution in [0.1, 0.15) is 47.0 Å². The van der Waals surface area contributed by atoms with Crippen molar-refractivity contribution in [2.24, 2.45) is 5.92 Å². The molecule has 0 radical (unpaired) electrons. The molecule has 96 valence electrons. The third-order valence-electron chi connectivity index (χ3n) is 4.18. The molecule has 2 rings (SSSR count). The van der Waals surface area contributed by atoms with Crippen LogP contribution in [-0.4, -0.2) is 34.3 Å². The van der Waals surface area contributed by atoms with Gasteiger partial charge < -0.3 is 10.2 Å². The van der Waals surface area contributed by atoms with Gasteiger partial charge in [-0.05, 0) is 39.5 Å². The second kappa shape index (κ2) is 4.00. The van der Waals surface area contributed by atoms with Crippen LogP contribution in [-0.2, 0) is 9.59 Å². The molecular formula is C13H22N2O2. The highest BCUT2D eigenvalue weighted by molar-refractivity contribution is 5.99. The summed E-state index contributed by atoms with van der Waals surface area (Å²) >= 11 is 0. The molecule has 1 saturated heterocycles. The summed E-state index contributed by atoms with van der Waals surface area (Å²) in [6.45, 7) is 7.57. The van der Waals surface area contributed by atoms with Gasteiger partial charge in [0.1, 0.15) is 11.6 Å². The smallest absolute Gasteiger partial charge is 0.248 e. The second-order valence-corrected chi connectivity index (χ2v) is 5.98. The van der Waals surface area contributed by atoms with Gasteiger partial charge in [-0.3, -0.25) is 9.59 Å². The Morgan fingerprint density at radius 1 is 1.24 bits per heavy atom. The first-order chi connectivity index (χ1) is 7.84. The van der Waals surface area contributed by atoms with E-state index in [1.54, 1.807) is 13.8 Å². The fourth-order valence-electron chi connectivity index (χ4n) is 3.07. The SMILES string of the molecule is CC1CCCC1N1C(=O)C(C)(C)NC(=O)C1C. The summed E-state index contributed by atoms with van der Waals surface area (Å²) in [4.78, 5) is 26.2. The lowest BCUT2D eigenvalue weighted by atomic mass is 9.93. The molecule has 2 aliphatic rings. The minimum absolute atomic E-state index is 0.0336. The topological polar surface area (TPSA) is 49.4 Å². The Kier molecular flexibility index (Phi) is 2.92. The molecule has 1 aliphatic heterocycles. The number of carbonyl (C=O) groups is 2. The van der Waals surface area contributed by atoms with Crippen molar-refractivity contribution in [2.45, 2.75) is 64.6 Å². The van der Waals surface area contributed by atoms with Gasteiger partial charge >= 0.3 is 0 Å². The highest BCUT2D eigenvalue weighted by Crippen LogP contribution is 2.33. The molecule has 4 heteroatoms. The molecule has 4 nitrogen and oxygen atoms in total. The van der Waals surface area contributed by atoms with E-state index in [0.717, 1.165) is 19.3 Å². The van der Waals surface area contributed by atoms with Gasteiger partial charge in [0.15, 0.2) is 0 Å². The van der Waals surface area contributed by atoms with Crippen molar-refractivity contribution in [3.8, 4) is 0 Å². The number of rotatable bonds is 1. The third-order valence-corrected chi connectivity index (χ3v) is 4.18. The number of carbonyl (C=O) groups excluding carboxylic acids is 2. The van der Waals surface area contributed by atoms with Gasteiger partial charge in [0, 0.05) is 6.04 Å². The van der Waals surface area contributed by atoms with E-state index in [4.69, 9.17) is 0 Å². The monoisotopic (exact) mass is 238 g/mol. The van der Waals surface area contributed by atoms with Crippen LogP contribution in [0, 0.1) is 5.92 Å². The van der Waals surface area contributed by atoms with E-state index < -0.39 is 5.54 Å². The van der Waals surface area contributed by atoms with Crippen molar-refractivity contribution in [3.05, 3.63) is 0 Å². The average Bonchev–Trinajstić information content (AvgIpc) is 2.62. The summed E-state index contributed by atoms with van der Waals surface area (Å²) in [7, 11) is 0. The van der Waals surface area contributed by atoms with Crippen LogP contribution in [0.5, 0.6) is 0 Å². The van der Waals surface area contributed by atoms with Crippen molar-refractivity contribution in [1.82, 2.24) is 10.2 Å². The molecule has 1 N–H and O–H groups in total. The van der Waals surface area contributed by atoms with Crippen LogP contribution in [0.25, 0.3) is 0 Å². The Labute approximate surface area is 103 Å². The van der Waals surface area contributed by atoms with Gasteiger partial charge in [-0.15, -0.1) is 0 Å². The lowest BCUT2D eigenvalue weighted by Gasteiger charge is -2.45. The molecule has 0 spiro atoms. The van der Waals surface area contributed by atoms with E-state index >= 15 is 0 Å². The third kappa shape index (κ3) is 1.94. The number of nitrogens with zero attached hydrogens (tertiary/aromatic N) is 1. The van der Waals surface area contributed by atoms with E-state index in [0.29, 0.717) is 5.92 Å².